The van der Waals surface area contributed by atoms with Crippen LogP contribution < -0.4 is 5.32 Å². The van der Waals surface area contributed by atoms with E-state index in [1.54, 1.807) is 35.1 Å². The number of hydrogen-bond donors (Lipinski definition) is 1. The maximum Gasteiger partial charge on any atom is 0.220 e. The fraction of sp³-hybridized carbons (Fsp3) is 0.455. The van der Waals surface area contributed by atoms with Crippen LogP contribution in [0.15, 0.2) is 23.0 Å². The van der Waals surface area contributed by atoms with Gasteiger partial charge in [0.1, 0.15) is 0 Å². The highest BCUT2D eigenvalue weighted by atomic mass is 127. The maximum absolute atomic E-state index is 11.3. The first-order valence-corrected chi connectivity index (χ1v) is 6.22. The predicted octanol–water partition coefficient (Wildman–Crippen LogP) is 2.07. The van der Waals surface area contributed by atoms with Gasteiger partial charge in [0, 0.05) is 19.4 Å². The highest BCUT2D eigenvalue weighted by molar-refractivity contribution is 14.1. The zero-order valence-electron chi connectivity index (χ0n) is 8.87. The number of furan rings is 1. The molecule has 1 aromatic rings. The molecule has 1 rings (SSSR count). The van der Waals surface area contributed by atoms with Crippen LogP contribution in [0, 0.1) is 0 Å². The molecule has 0 aromatic carbocycles. The molecule has 0 atom stereocenters. The third-order valence-electron chi connectivity index (χ3n) is 2.09. The molecule has 0 fully saturated rings. The molecule has 1 heterocycles. The van der Waals surface area contributed by atoms with E-state index >= 15 is 0 Å². The van der Waals surface area contributed by atoms with Crippen molar-refractivity contribution in [2.45, 2.75) is 25.7 Å². The van der Waals surface area contributed by atoms with E-state index in [0.717, 1.165) is 12.0 Å². The summed E-state index contributed by atoms with van der Waals surface area (Å²) in [7, 11) is 0. The summed E-state index contributed by atoms with van der Waals surface area (Å²) in [6, 6.07) is 1.88. The third kappa shape index (κ3) is 5.89. The van der Waals surface area contributed by atoms with Gasteiger partial charge in [-0.2, -0.15) is 0 Å². The zero-order chi connectivity index (χ0) is 11.8. The molecular formula is C11H14INO3. The van der Waals surface area contributed by atoms with E-state index in [1.165, 1.54) is 0 Å². The third-order valence-corrected chi connectivity index (χ3v) is 2.63. The van der Waals surface area contributed by atoms with Gasteiger partial charge in [-0.1, -0.05) is 0 Å². The molecule has 0 bridgehead atoms. The Labute approximate surface area is 108 Å². The Morgan fingerprint density at radius 2 is 2.19 bits per heavy atom. The van der Waals surface area contributed by atoms with E-state index in [9.17, 15) is 9.59 Å². The molecule has 0 unspecified atom stereocenters. The average molecular weight is 335 g/mol. The zero-order valence-corrected chi connectivity index (χ0v) is 11.0. The molecular weight excluding hydrogens is 321 g/mol. The van der Waals surface area contributed by atoms with Gasteiger partial charge in [0.15, 0.2) is 3.79 Å². The van der Waals surface area contributed by atoms with Crippen LogP contribution in [-0.4, -0.2) is 16.2 Å². The monoisotopic (exact) mass is 335 g/mol. The van der Waals surface area contributed by atoms with E-state index in [-0.39, 0.29) is 9.70 Å². The molecule has 88 valence electrons. The topological polar surface area (TPSA) is 59.3 Å². The Morgan fingerprint density at radius 1 is 1.38 bits per heavy atom. The standard InChI is InChI=1S/C11H14INO3/c12-10(14)2-1-3-11(15)13-6-4-9-5-7-16-8-9/h5,7-8H,1-4,6H2,(H,13,15). The van der Waals surface area contributed by atoms with Gasteiger partial charge in [0.05, 0.1) is 12.5 Å². The summed E-state index contributed by atoms with van der Waals surface area (Å²) in [6.45, 7) is 0.608. The lowest BCUT2D eigenvalue weighted by Gasteiger charge is -2.02. The minimum Gasteiger partial charge on any atom is -0.472 e. The molecule has 4 nitrogen and oxygen atoms in total. The Morgan fingerprint density at radius 3 is 2.81 bits per heavy atom. The Hall–Kier alpha value is -0.850. The van der Waals surface area contributed by atoms with Gasteiger partial charge in [-0.15, -0.1) is 0 Å². The lowest BCUT2D eigenvalue weighted by molar-refractivity contribution is -0.121. The molecule has 0 saturated carbocycles. The normalized spacial score (nSPS) is 10.1. The molecule has 0 aliphatic carbocycles. The van der Waals surface area contributed by atoms with Crippen LogP contribution >= 0.6 is 22.6 Å². The van der Waals surface area contributed by atoms with Crippen LogP contribution in [0.3, 0.4) is 0 Å². The minimum absolute atomic E-state index is 0.00106. The summed E-state index contributed by atoms with van der Waals surface area (Å²) in [5, 5.41) is 2.80. The second kappa shape index (κ2) is 7.43. The van der Waals surface area contributed by atoms with Gasteiger partial charge < -0.3 is 9.73 Å². The second-order valence-electron chi connectivity index (χ2n) is 3.44. The van der Waals surface area contributed by atoms with E-state index in [4.69, 9.17) is 4.42 Å². The summed E-state index contributed by atoms with van der Waals surface area (Å²) in [5.41, 5.74) is 1.07. The van der Waals surface area contributed by atoms with Crippen LogP contribution in [0.25, 0.3) is 0 Å². The van der Waals surface area contributed by atoms with Crippen LogP contribution in [0.2, 0.25) is 0 Å². The number of carbonyl (C=O) groups excluding carboxylic acids is 2. The van der Waals surface area contributed by atoms with Crippen molar-refractivity contribution in [3.05, 3.63) is 24.2 Å². The Bertz CT molecular complexity index is 335. The summed E-state index contributed by atoms with van der Waals surface area (Å²) < 4.78 is 5.01. The number of rotatable bonds is 7. The van der Waals surface area contributed by atoms with Gasteiger partial charge in [-0.3, -0.25) is 9.59 Å². The van der Waals surface area contributed by atoms with E-state index in [2.05, 4.69) is 5.32 Å². The van der Waals surface area contributed by atoms with Crippen LogP contribution in [-0.2, 0) is 16.0 Å². The SMILES string of the molecule is O=C(I)CCCC(=O)NCCc1ccoc1. The van der Waals surface area contributed by atoms with Crippen molar-refractivity contribution in [2.24, 2.45) is 0 Å². The molecule has 0 saturated heterocycles. The summed E-state index contributed by atoms with van der Waals surface area (Å²) in [5.74, 6) is 0.00106. The van der Waals surface area contributed by atoms with Crippen molar-refractivity contribution in [1.29, 1.82) is 0 Å². The smallest absolute Gasteiger partial charge is 0.220 e. The van der Waals surface area contributed by atoms with E-state index in [0.29, 0.717) is 25.8 Å². The highest BCUT2D eigenvalue weighted by Crippen LogP contribution is 2.02. The van der Waals surface area contributed by atoms with E-state index in [1.807, 2.05) is 6.07 Å². The summed E-state index contributed by atoms with van der Waals surface area (Å²) in [6.07, 6.45) is 5.56. The van der Waals surface area contributed by atoms with Gasteiger partial charge >= 0.3 is 0 Å². The van der Waals surface area contributed by atoms with Gasteiger partial charge in [-0.05, 0) is 47.1 Å². The molecule has 0 spiro atoms. The highest BCUT2D eigenvalue weighted by Gasteiger charge is 2.02. The first kappa shape index (κ1) is 13.2. The van der Waals surface area contributed by atoms with Gasteiger partial charge in [0.2, 0.25) is 5.91 Å². The summed E-state index contributed by atoms with van der Waals surface area (Å²) in [4.78, 5) is 21.9. The largest absolute Gasteiger partial charge is 0.472 e. The lowest BCUT2D eigenvalue weighted by Crippen LogP contribution is -2.25. The van der Waals surface area contributed by atoms with Crippen molar-refractivity contribution in [1.82, 2.24) is 5.32 Å². The minimum atomic E-state index is 0.00106. The van der Waals surface area contributed by atoms with E-state index < -0.39 is 0 Å². The fourth-order valence-electron chi connectivity index (χ4n) is 1.26. The molecule has 1 N–H and O–H groups in total. The van der Waals surface area contributed by atoms with Crippen molar-refractivity contribution in [2.75, 3.05) is 6.54 Å². The average Bonchev–Trinajstić information content (AvgIpc) is 2.70. The summed E-state index contributed by atoms with van der Waals surface area (Å²) >= 11 is 1.74. The Kier molecular flexibility index (Phi) is 6.14. The molecule has 0 radical (unpaired) electrons. The molecule has 1 amide bonds. The van der Waals surface area contributed by atoms with Gasteiger partial charge in [-0.25, -0.2) is 0 Å². The van der Waals surface area contributed by atoms with Crippen molar-refractivity contribution in [3.63, 3.8) is 0 Å². The first-order valence-electron chi connectivity index (χ1n) is 5.14. The van der Waals surface area contributed by atoms with Crippen molar-refractivity contribution in [3.8, 4) is 0 Å². The number of amides is 1. The molecule has 0 aliphatic rings. The number of hydrogen-bond acceptors (Lipinski definition) is 3. The number of carbonyl (C=O) groups is 2. The van der Waals surface area contributed by atoms with Crippen LogP contribution in [0.5, 0.6) is 0 Å². The fourth-order valence-corrected chi connectivity index (χ4v) is 1.64. The number of halogens is 1. The number of nitrogens with one attached hydrogen (secondary N) is 1. The van der Waals surface area contributed by atoms with Crippen LogP contribution in [0.1, 0.15) is 24.8 Å². The quantitative estimate of drug-likeness (QED) is 0.613. The molecule has 0 aliphatic heterocycles. The van der Waals surface area contributed by atoms with Gasteiger partial charge in [0.25, 0.3) is 0 Å². The van der Waals surface area contributed by atoms with Crippen molar-refractivity contribution < 1.29 is 14.0 Å². The predicted molar refractivity (Wildman–Crippen MR) is 68.3 cm³/mol. The molecule has 16 heavy (non-hydrogen) atoms. The van der Waals surface area contributed by atoms with Crippen LogP contribution in [0.4, 0.5) is 0 Å². The first-order chi connectivity index (χ1) is 7.68. The maximum atomic E-state index is 11.3. The Balaban J connectivity index is 2.04. The second-order valence-corrected chi connectivity index (χ2v) is 4.64. The van der Waals surface area contributed by atoms with Crippen molar-refractivity contribution >= 4 is 32.3 Å². The molecule has 5 heteroatoms. The lowest BCUT2D eigenvalue weighted by atomic mass is 10.2. The molecule has 1 aromatic heterocycles.